The Bertz CT molecular complexity index is 2660. The molecule has 0 amide bonds. The van der Waals surface area contributed by atoms with Gasteiger partial charge in [0.2, 0.25) is 0 Å². The molecule has 49 heavy (non-hydrogen) atoms. The van der Waals surface area contributed by atoms with Gasteiger partial charge in [0.05, 0.1) is 22.4 Å². The molecule has 3 heterocycles. The molecule has 4 heteroatoms. The van der Waals surface area contributed by atoms with Crippen molar-refractivity contribution in [2.24, 2.45) is 0 Å². The van der Waals surface area contributed by atoms with Gasteiger partial charge in [-0.1, -0.05) is 136 Å². The maximum atomic E-state index is 5.41. The first-order chi connectivity index (χ1) is 23.8. The summed E-state index contributed by atoms with van der Waals surface area (Å²) >= 11 is 0. The Balaban J connectivity index is 1.24. The third kappa shape index (κ3) is 3.89. The summed E-state index contributed by atoms with van der Waals surface area (Å²) in [7, 11) is -2.09. The highest BCUT2D eigenvalue weighted by molar-refractivity contribution is 7.04. The molecule has 2 aliphatic rings. The molecule has 0 spiro atoms. The topological polar surface area (TPSA) is 30.7 Å². The number of nitrogens with zero attached hydrogens (tertiary/aromatic N) is 3. The summed E-state index contributed by atoms with van der Waals surface area (Å²) < 4.78 is 2.46. The highest BCUT2D eigenvalue weighted by atomic mass is 28.3. The average Bonchev–Trinajstić information content (AvgIpc) is 3.68. The smallest absolute Gasteiger partial charge is 0.160 e. The van der Waals surface area contributed by atoms with E-state index in [1.165, 1.54) is 60.0 Å². The molecular formula is C45H35N3Si. The van der Waals surface area contributed by atoms with Gasteiger partial charge in [0.25, 0.3) is 0 Å². The van der Waals surface area contributed by atoms with Gasteiger partial charge in [-0.15, -0.1) is 0 Å². The van der Waals surface area contributed by atoms with Crippen LogP contribution < -0.4 is 10.4 Å². The first-order valence-corrected chi connectivity index (χ1v) is 20.2. The number of hydrogen-bond acceptors (Lipinski definition) is 2. The zero-order valence-electron chi connectivity index (χ0n) is 28.1. The molecule has 0 radical (unpaired) electrons. The lowest BCUT2D eigenvalue weighted by Crippen LogP contribution is -2.50. The monoisotopic (exact) mass is 645 g/mol. The van der Waals surface area contributed by atoms with Gasteiger partial charge in [-0.2, -0.15) is 0 Å². The van der Waals surface area contributed by atoms with Crippen molar-refractivity contribution in [3.8, 4) is 50.7 Å². The van der Waals surface area contributed by atoms with Crippen molar-refractivity contribution in [3.63, 3.8) is 0 Å². The summed E-state index contributed by atoms with van der Waals surface area (Å²) in [4.78, 5) is 10.7. The summed E-state index contributed by atoms with van der Waals surface area (Å²) in [6.07, 6.45) is 0. The van der Waals surface area contributed by atoms with Crippen LogP contribution in [0.25, 0.3) is 72.5 Å². The molecule has 0 N–H and O–H groups in total. The number of hydrogen-bond donors (Lipinski definition) is 0. The highest BCUT2D eigenvalue weighted by Gasteiger charge is 2.42. The Morgan fingerprint density at radius 3 is 2.08 bits per heavy atom. The first kappa shape index (κ1) is 28.4. The molecule has 8 aromatic rings. The first-order valence-electron chi connectivity index (χ1n) is 17.2. The van der Waals surface area contributed by atoms with E-state index >= 15 is 0 Å². The molecule has 0 bridgehead atoms. The van der Waals surface area contributed by atoms with Crippen LogP contribution in [-0.2, 0) is 5.41 Å². The van der Waals surface area contributed by atoms with E-state index in [9.17, 15) is 0 Å². The molecule has 0 fully saturated rings. The van der Waals surface area contributed by atoms with Crippen LogP contribution in [0.3, 0.4) is 0 Å². The molecule has 1 aliphatic heterocycles. The minimum absolute atomic E-state index is 0.0542. The van der Waals surface area contributed by atoms with E-state index in [0.29, 0.717) is 0 Å². The molecule has 0 unspecified atom stereocenters. The van der Waals surface area contributed by atoms with Gasteiger partial charge < -0.3 is 4.57 Å². The van der Waals surface area contributed by atoms with E-state index < -0.39 is 8.07 Å². The van der Waals surface area contributed by atoms with Crippen LogP contribution in [0.1, 0.15) is 25.0 Å². The largest absolute Gasteiger partial charge is 0.309 e. The summed E-state index contributed by atoms with van der Waals surface area (Å²) in [6, 6.07) is 51.0. The number of para-hydroxylation sites is 1. The highest BCUT2D eigenvalue weighted by Crippen LogP contribution is 2.51. The Morgan fingerprint density at radius 1 is 0.531 bits per heavy atom. The molecule has 3 nitrogen and oxygen atoms in total. The Morgan fingerprint density at radius 2 is 1.22 bits per heavy atom. The van der Waals surface area contributed by atoms with Gasteiger partial charge in [-0.05, 0) is 68.5 Å². The van der Waals surface area contributed by atoms with Crippen LogP contribution in [0.4, 0.5) is 0 Å². The van der Waals surface area contributed by atoms with Gasteiger partial charge in [0.15, 0.2) is 5.82 Å². The number of rotatable bonds is 3. The fourth-order valence-electron chi connectivity index (χ4n) is 8.78. The van der Waals surface area contributed by atoms with Gasteiger partial charge in [-0.3, -0.25) is 0 Å². The van der Waals surface area contributed by atoms with Crippen LogP contribution in [0.2, 0.25) is 13.1 Å². The van der Waals surface area contributed by atoms with Crippen molar-refractivity contribution in [3.05, 3.63) is 151 Å². The average molecular weight is 646 g/mol. The van der Waals surface area contributed by atoms with Crippen molar-refractivity contribution in [1.82, 2.24) is 14.5 Å². The van der Waals surface area contributed by atoms with Crippen LogP contribution >= 0.6 is 0 Å². The molecule has 0 saturated heterocycles. The van der Waals surface area contributed by atoms with Crippen LogP contribution in [0.5, 0.6) is 0 Å². The van der Waals surface area contributed by atoms with Crippen molar-refractivity contribution in [2.75, 3.05) is 0 Å². The predicted molar refractivity (Wildman–Crippen MR) is 207 cm³/mol. The van der Waals surface area contributed by atoms with Crippen molar-refractivity contribution in [2.45, 2.75) is 32.4 Å². The van der Waals surface area contributed by atoms with Gasteiger partial charge in [0, 0.05) is 33.0 Å². The number of benzene rings is 6. The van der Waals surface area contributed by atoms with Crippen LogP contribution in [0, 0.1) is 0 Å². The quantitative estimate of drug-likeness (QED) is 0.179. The Hall–Kier alpha value is -5.58. The summed E-state index contributed by atoms with van der Waals surface area (Å²) in [5.74, 6) is 0.773. The number of aromatic nitrogens is 3. The molecule has 10 rings (SSSR count). The van der Waals surface area contributed by atoms with Crippen molar-refractivity contribution < 1.29 is 0 Å². The third-order valence-corrected chi connectivity index (χ3v) is 14.7. The summed E-state index contributed by atoms with van der Waals surface area (Å²) in [6.45, 7) is 9.62. The lowest BCUT2D eigenvalue weighted by molar-refractivity contribution is 0.661. The fraction of sp³-hybridized carbons (Fsp3) is 0.111. The maximum Gasteiger partial charge on any atom is 0.160 e. The number of fused-ring (bicyclic) bond motifs is 9. The van der Waals surface area contributed by atoms with E-state index in [0.717, 1.165) is 34.0 Å². The molecule has 6 aromatic carbocycles. The molecular weight excluding hydrogens is 611 g/mol. The van der Waals surface area contributed by atoms with E-state index in [-0.39, 0.29) is 5.41 Å². The second kappa shape index (κ2) is 9.97. The third-order valence-electron chi connectivity index (χ3n) is 11.2. The molecule has 1 aliphatic carbocycles. The maximum absolute atomic E-state index is 5.41. The van der Waals surface area contributed by atoms with E-state index in [4.69, 9.17) is 9.97 Å². The standard InChI is InChI=1S/C45H35N3Si/c1-45(2)36-22-11-8-19-31(36)34-27-39-35(26-37(34)45)32-20-9-12-23-38(32)48(39)30-18-14-17-29(25-30)41-43-42(33-21-10-13-24-40(33)49(43,3)4)47-44(46-41)28-15-6-5-7-16-28/h5-27H,1-4H3. The minimum atomic E-state index is -2.09. The lowest BCUT2D eigenvalue weighted by atomic mass is 9.82. The Labute approximate surface area is 287 Å². The van der Waals surface area contributed by atoms with Gasteiger partial charge >= 0.3 is 0 Å². The zero-order valence-corrected chi connectivity index (χ0v) is 29.1. The zero-order chi connectivity index (χ0) is 33.1. The SMILES string of the molecule is CC1(C)c2ccccc2-c2cc3c(cc21)c1ccccc1n3-c1cccc(-c2nc(-c3ccccc3)nc3c2[Si](C)(C)c2ccccc2-3)c1. The molecule has 0 atom stereocenters. The normalized spacial score (nSPS) is 14.9. The van der Waals surface area contributed by atoms with E-state index in [1.807, 2.05) is 6.07 Å². The van der Waals surface area contributed by atoms with E-state index in [1.54, 1.807) is 0 Å². The summed E-state index contributed by atoms with van der Waals surface area (Å²) in [5.41, 5.74) is 14.5. The van der Waals surface area contributed by atoms with Gasteiger partial charge in [0.1, 0.15) is 8.07 Å². The molecule has 234 valence electrons. The van der Waals surface area contributed by atoms with Crippen molar-refractivity contribution >= 4 is 40.3 Å². The predicted octanol–water partition coefficient (Wildman–Crippen LogP) is 10.0. The lowest BCUT2D eigenvalue weighted by Gasteiger charge is -2.22. The molecule has 0 saturated carbocycles. The Kier molecular flexibility index (Phi) is 5.79. The fourth-order valence-corrected chi connectivity index (χ4v) is 12.0. The second-order valence-corrected chi connectivity index (χ2v) is 18.9. The van der Waals surface area contributed by atoms with Gasteiger partial charge in [-0.25, -0.2) is 9.97 Å². The molecule has 2 aromatic heterocycles. The minimum Gasteiger partial charge on any atom is -0.309 e. The second-order valence-electron chi connectivity index (χ2n) is 14.6. The van der Waals surface area contributed by atoms with Crippen LogP contribution in [0.15, 0.2) is 140 Å². The van der Waals surface area contributed by atoms with Crippen LogP contribution in [-0.4, -0.2) is 22.6 Å². The summed E-state index contributed by atoms with van der Waals surface area (Å²) in [5, 5.41) is 5.32. The van der Waals surface area contributed by atoms with E-state index in [2.05, 4.69) is 165 Å². The van der Waals surface area contributed by atoms with Crippen molar-refractivity contribution in [1.29, 1.82) is 0 Å².